The van der Waals surface area contributed by atoms with Crippen LogP contribution in [0.4, 0.5) is 5.13 Å². The number of hydrogen-bond acceptors (Lipinski definition) is 5. The van der Waals surface area contributed by atoms with Crippen LogP contribution in [0.25, 0.3) is 0 Å². The van der Waals surface area contributed by atoms with Gasteiger partial charge in [-0.2, -0.15) is 0 Å². The highest BCUT2D eigenvalue weighted by Gasteiger charge is 2.24. The Morgan fingerprint density at radius 3 is 2.33 bits per heavy atom. The molecule has 0 radical (unpaired) electrons. The minimum Gasteiger partial charge on any atom is -0.389 e. The summed E-state index contributed by atoms with van der Waals surface area (Å²) in [5, 5.41) is 10.5. The SMILES string of the molecule is Cc1nc(N(C)C)sc1C(=O)N(C)CC(C)(C)O. The van der Waals surface area contributed by atoms with E-state index in [-0.39, 0.29) is 5.91 Å². The average molecular weight is 271 g/mol. The Balaban J connectivity index is 2.90. The minimum absolute atomic E-state index is 0.0970. The van der Waals surface area contributed by atoms with Gasteiger partial charge in [-0.05, 0) is 20.8 Å². The summed E-state index contributed by atoms with van der Waals surface area (Å²) in [5.41, 5.74) is -0.163. The molecule has 0 unspecified atom stereocenters. The number of nitrogens with zero attached hydrogens (tertiary/aromatic N) is 3. The van der Waals surface area contributed by atoms with E-state index in [0.717, 1.165) is 10.8 Å². The molecule has 102 valence electrons. The summed E-state index contributed by atoms with van der Waals surface area (Å²) < 4.78 is 0. The van der Waals surface area contributed by atoms with Crippen LogP contribution in [0.1, 0.15) is 29.2 Å². The Labute approximate surface area is 112 Å². The van der Waals surface area contributed by atoms with Crippen molar-refractivity contribution >= 4 is 22.4 Å². The predicted molar refractivity (Wildman–Crippen MR) is 74.4 cm³/mol. The number of anilines is 1. The molecule has 0 aromatic carbocycles. The van der Waals surface area contributed by atoms with Crippen LogP contribution >= 0.6 is 11.3 Å². The van der Waals surface area contributed by atoms with E-state index in [9.17, 15) is 9.90 Å². The lowest BCUT2D eigenvalue weighted by molar-refractivity contribution is 0.0370. The van der Waals surface area contributed by atoms with Gasteiger partial charge in [0.05, 0.1) is 11.3 Å². The van der Waals surface area contributed by atoms with Crippen molar-refractivity contribution in [2.45, 2.75) is 26.4 Å². The Hall–Kier alpha value is -1.14. The van der Waals surface area contributed by atoms with Crippen LogP contribution in [0.3, 0.4) is 0 Å². The number of amides is 1. The number of aliphatic hydroxyl groups is 1. The van der Waals surface area contributed by atoms with E-state index in [1.807, 2.05) is 25.9 Å². The first kappa shape index (κ1) is 14.9. The van der Waals surface area contributed by atoms with Gasteiger partial charge in [-0.3, -0.25) is 4.79 Å². The summed E-state index contributed by atoms with van der Waals surface area (Å²) in [4.78, 5) is 20.6. The minimum atomic E-state index is -0.895. The largest absolute Gasteiger partial charge is 0.389 e. The van der Waals surface area contributed by atoms with Crippen LogP contribution in [0, 0.1) is 6.92 Å². The zero-order valence-corrected chi connectivity index (χ0v) is 12.6. The molecular formula is C12H21N3O2S. The topological polar surface area (TPSA) is 56.7 Å². The fraction of sp³-hybridized carbons (Fsp3) is 0.667. The van der Waals surface area contributed by atoms with Gasteiger partial charge in [-0.25, -0.2) is 4.98 Å². The quantitative estimate of drug-likeness (QED) is 0.898. The van der Waals surface area contributed by atoms with Crippen molar-refractivity contribution in [1.29, 1.82) is 0 Å². The van der Waals surface area contributed by atoms with Crippen molar-refractivity contribution in [3.05, 3.63) is 10.6 Å². The van der Waals surface area contributed by atoms with Gasteiger partial charge in [0, 0.05) is 27.7 Å². The molecule has 18 heavy (non-hydrogen) atoms. The van der Waals surface area contributed by atoms with Crippen LogP contribution in [0.15, 0.2) is 0 Å². The smallest absolute Gasteiger partial charge is 0.265 e. The summed E-state index contributed by atoms with van der Waals surface area (Å²) in [6.45, 7) is 5.48. The maximum Gasteiger partial charge on any atom is 0.265 e. The highest BCUT2D eigenvalue weighted by molar-refractivity contribution is 7.17. The van der Waals surface area contributed by atoms with E-state index in [1.165, 1.54) is 16.2 Å². The lowest BCUT2D eigenvalue weighted by Gasteiger charge is -2.25. The maximum atomic E-state index is 12.2. The molecule has 1 amide bonds. The Kier molecular flexibility index (Phi) is 4.34. The molecule has 0 aliphatic carbocycles. The summed E-state index contributed by atoms with van der Waals surface area (Å²) in [5.74, 6) is -0.0970. The lowest BCUT2D eigenvalue weighted by Crippen LogP contribution is -2.39. The second-order valence-corrected chi connectivity index (χ2v) is 6.26. The fourth-order valence-corrected chi connectivity index (χ4v) is 2.58. The molecule has 1 heterocycles. The molecule has 0 aliphatic rings. The number of aromatic nitrogens is 1. The second-order valence-electron chi connectivity index (χ2n) is 5.28. The number of rotatable bonds is 4. The molecule has 0 atom stereocenters. The van der Waals surface area contributed by atoms with Gasteiger partial charge in [0.25, 0.3) is 5.91 Å². The van der Waals surface area contributed by atoms with Crippen molar-refractivity contribution in [3.63, 3.8) is 0 Å². The summed E-state index contributed by atoms with van der Waals surface area (Å²) in [7, 11) is 5.48. The molecule has 1 rings (SSSR count). The Morgan fingerprint density at radius 1 is 1.39 bits per heavy atom. The molecular weight excluding hydrogens is 250 g/mol. The first-order valence-electron chi connectivity index (χ1n) is 5.74. The molecule has 0 saturated carbocycles. The normalized spacial score (nSPS) is 11.5. The number of aryl methyl sites for hydroxylation is 1. The zero-order valence-electron chi connectivity index (χ0n) is 11.8. The van der Waals surface area contributed by atoms with Gasteiger partial charge >= 0.3 is 0 Å². The van der Waals surface area contributed by atoms with Crippen LogP contribution in [0.2, 0.25) is 0 Å². The van der Waals surface area contributed by atoms with Gasteiger partial charge in [0.2, 0.25) is 0 Å². The number of likely N-dealkylation sites (N-methyl/N-ethyl adjacent to an activating group) is 1. The van der Waals surface area contributed by atoms with Crippen molar-refractivity contribution in [3.8, 4) is 0 Å². The van der Waals surface area contributed by atoms with Crippen molar-refractivity contribution in [1.82, 2.24) is 9.88 Å². The maximum absolute atomic E-state index is 12.2. The van der Waals surface area contributed by atoms with E-state index < -0.39 is 5.60 Å². The third kappa shape index (κ3) is 3.68. The van der Waals surface area contributed by atoms with Gasteiger partial charge < -0.3 is 14.9 Å². The molecule has 0 saturated heterocycles. The van der Waals surface area contributed by atoms with Crippen molar-refractivity contribution in [2.75, 3.05) is 32.6 Å². The number of thiazole rings is 1. The fourth-order valence-electron chi connectivity index (χ4n) is 1.60. The summed E-state index contributed by atoms with van der Waals surface area (Å²) in [6, 6.07) is 0. The van der Waals surface area contributed by atoms with Gasteiger partial charge in [-0.1, -0.05) is 11.3 Å². The van der Waals surface area contributed by atoms with Gasteiger partial charge in [0.15, 0.2) is 5.13 Å². The molecule has 1 N–H and O–H groups in total. The molecule has 0 spiro atoms. The molecule has 1 aromatic heterocycles. The lowest BCUT2D eigenvalue weighted by atomic mass is 10.1. The van der Waals surface area contributed by atoms with E-state index in [1.54, 1.807) is 20.9 Å². The Bertz CT molecular complexity index is 435. The molecule has 0 bridgehead atoms. The summed E-state index contributed by atoms with van der Waals surface area (Å²) in [6.07, 6.45) is 0. The highest BCUT2D eigenvalue weighted by atomic mass is 32.1. The molecule has 1 aromatic rings. The zero-order chi connectivity index (χ0) is 14.1. The first-order valence-corrected chi connectivity index (χ1v) is 6.56. The van der Waals surface area contributed by atoms with E-state index in [2.05, 4.69) is 4.98 Å². The number of carbonyl (C=O) groups is 1. The van der Waals surface area contributed by atoms with Crippen molar-refractivity contribution in [2.24, 2.45) is 0 Å². The monoisotopic (exact) mass is 271 g/mol. The predicted octanol–water partition coefficient (Wildman–Crippen LogP) is 1.36. The van der Waals surface area contributed by atoms with Gasteiger partial charge in [0.1, 0.15) is 4.88 Å². The van der Waals surface area contributed by atoms with Gasteiger partial charge in [-0.15, -0.1) is 0 Å². The molecule has 6 heteroatoms. The Morgan fingerprint density at radius 2 is 1.94 bits per heavy atom. The van der Waals surface area contributed by atoms with Crippen molar-refractivity contribution < 1.29 is 9.90 Å². The third-order valence-corrected chi connectivity index (χ3v) is 3.65. The molecule has 5 nitrogen and oxygen atoms in total. The van der Waals surface area contributed by atoms with Crippen LogP contribution in [-0.4, -0.2) is 54.2 Å². The van der Waals surface area contributed by atoms with E-state index in [0.29, 0.717) is 11.4 Å². The van der Waals surface area contributed by atoms with Crippen LogP contribution < -0.4 is 4.90 Å². The number of carbonyl (C=O) groups excluding carboxylic acids is 1. The molecule has 0 fully saturated rings. The highest BCUT2D eigenvalue weighted by Crippen LogP contribution is 2.25. The summed E-state index contributed by atoms with van der Waals surface area (Å²) >= 11 is 1.37. The van der Waals surface area contributed by atoms with E-state index in [4.69, 9.17) is 0 Å². The third-order valence-electron chi connectivity index (χ3n) is 2.33. The van der Waals surface area contributed by atoms with Crippen LogP contribution in [-0.2, 0) is 0 Å². The first-order chi connectivity index (χ1) is 8.11. The van der Waals surface area contributed by atoms with E-state index >= 15 is 0 Å². The van der Waals surface area contributed by atoms with Crippen LogP contribution in [0.5, 0.6) is 0 Å². The molecule has 0 aliphatic heterocycles. The second kappa shape index (κ2) is 5.24. The number of hydrogen-bond donors (Lipinski definition) is 1. The standard InChI is InChI=1S/C12H21N3O2S/c1-8-9(18-11(13-8)14(4)5)10(16)15(6)7-12(2,3)17/h17H,7H2,1-6H3. The average Bonchev–Trinajstić information content (AvgIpc) is 2.56.